The minimum absolute atomic E-state index is 0. The van der Waals surface area contributed by atoms with Gasteiger partial charge in [0.1, 0.15) is 0 Å². The van der Waals surface area contributed by atoms with Crippen LogP contribution in [0.25, 0.3) is 44.6 Å². The van der Waals surface area contributed by atoms with E-state index in [-0.39, 0.29) is 20.1 Å². The zero-order chi connectivity index (χ0) is 23.5. The number of benzene rings is 2. The number of aromatic nitrogens is 3. The Bertz CT molecular complexity index is 1510. The smallest absolute Gasteiger partial charge is 0.216 e. The number of hydrogen-bond donors (Lipinski definition) is 0. The maximum absolute atomic E-state index is 5.89. The Morgan fingerprint density at radius 1 is 0.686 bits per heavy atom. The summed E-state index contributed by atoms with van der Waals surface area (Å²) in [5, 5.41) is 2.06. The molecule has 1 radical (unpaired) electrons. The molecular weight excluding hydrogens is 611 g/mol. The normalized spacial score (nSPS) is 10.5. The van der Waals surface area contributed by atoms with Crippen molar-refractivity contribution in [1.29, 1.82) is 0 Å². The van der Waals surface area contributed by atoms with Gasteiger partial charge in [-0.05, 0) is 48.5 Å². The number of furan rings is 1. The van der Waals surface area contributed by atoms with Crippen LogP contribution in [0.4, 0.5) is 0 Å². The fourth-order valence-electron chi connectivity index (χ4n) is 3.67. The van der Waals surface area contributed by atoms with E-state index in [1.807, 2.05) is 80.8 Å². The van der Waals surface area contributed by atoms with Gasteiger partial charge >= 0.3 is 0 Å². The van der Waals surface area contributed by atoms with Crippen molar-refractivity contribution in [2.45, 2.75) is 20.8 Å². The Morgan fingerprint density at radius 2 is 1.40 bits per heavy atom. The molecule has 0 saturated heterocycles. The first kappa shape index (κ1) is 24.5. The van der Waals surface area contributed by atoms with Crippen molar-refractivity contribution in [3.8, 4) is 22.5 Å². The van der Waals surface area contributed by atoms with E-state index >= 15 is 0 Å². The maximum Gasteiger partial charge on any atom is 0.216 e. The fraction of sp³-hybridized carbons (Fsp3) is 0.100. The summed E-state index contributed by atoms with van der Waals surface area (Å²) in [5.41, 5.74) is 8.74. The van der Waals surface area contributed by atoms with Gasteiger partial charge in [-0.3, -0.25) is 0 Å². The van der Waals surface area contributed by atoms with Crippen LogP contribution in [0.5, 0.6) is 0 Å². The Labute approximate surface area is 218 Å². The summed E-state index contributed by atoms with van der Waals surface area (Å²) >= 11 is 0. The zero-order valence-electron chi connectivity index (χ0n) is 19.7. The van der Waals surface area contributed by atoms with E-state index in [1.165, 1.54) is 11.1 Å². The summed E-state index contributed by atoms with van der Waals surface area (Å²) in [7, 11) is 0. The summed E-state index contributed by atoms with van der Waals surface area (Å²) in [6.45, 7) is 6.12. The van der Waals surface area contributed by atoms with Crippen molar-refractivity contribution in [3.63, 3.8) is 0 Å². The van der Waals surface area contributed by atoms with E-state index in [1.54, 1.807) is 6.20 Å². The van der Waals surface area contributed by atoms with Gasteiger partial charge in [0, 0.05) is 44.1 Å². The number of aryl methyl sites for hydroxylation is 3. The molecule has 0 unspecified atom stereocenters. The summed E-state index contributed by atoms with van der Waals surface area (Å²) in [6, 6.07) is 28.5. The predicted octanol–water partition coefficient (Wildman–Crippen LogP) is 7.31. The minimum Gasteiger partial charge on any atom is -0.486 e. The van der Waals surface area contributed by atoms with Crippen LogP contribution in [0.3, 0.4) is 0 Å². The molecule has 0 aliphatic carbocycles. The van der Waals surface area contributed by atoms with Crippen molar-refractivity contribution in [2.24, 2.45) is 0 Å². The van der Waals surface area contributed by atoms with Gasteiger partial charge in [0.15, 0.2) is 0 Å². The molecule has 4 nitrogen and oxygen atoms in total. The van der Waals surface area contributed by atoms with E-state index in [0.29, 0.717) is 5.71 Å². The summed E-state index contributed by atoms with van der Waals surface area (Å²) in [6.07, 6.45) is 5.46. The second kappa shape index (κ2) is 10.7. The van der Waals surface area contributed by atoms with Gasteiger partial charge in [-0.15, -0.1) is 53.6 Å². The van der Waals surface area contributed by atoms with Crippen LogP contribution >= 0.6 is 0 Å². The molecule has 4 heterocycles. The largest absolute Gasteiger partial charge is 0.486 e. The SMILES string of the molecule is Cc1c[c-]c(-c2ccc(C)cn2)cc1.Cc1ccc(-c2[c-]ccc3c2oc2ncccc23)nc1.[Ir]. The molecule has 175 valence electrons. The second-order valence-corrected chi connectivity index (χ2v) is 8.27. The van der Waals surface area contributed by atoms with Crippen LogP contribution in [0, 0.1) is 32.9 Å². The number of fused-ring (bicyclic) bond motifs is 3. The topological polar surface area (TPSA) is 51.8 Å². The molecule has 35 heavy (non-hydrogen) atoms. The fourth-order valence-corrected chi connectivity index (χ4v) is 3.67. The molecule has 4 aromatic heterocycles. The van der Waals surface area contributed by atoms with Gasteiger partial charge in [0.05, 0.1) is 5.58 Å². The first-order valence-corrected chi connectivity index (χ1v) is 11.1. The molecule has 0 saturated carbocycles. The van der Waals surface area contributed by atoms with Crippen LogP contribution in [-0.4, -0.2) is 15.0 Å². The Morgan fingerprint density at radius 3 is 2.06 bits per heavy atom. The Balaban J connectivity index is 0.000000171. The number of hydrogen-bond acceptors (Lipinski definition) is 4. The standard InChI is InChI=1S/C17H11N2O.C13H12N.Ir/c1-11-7-8-15(19-10-11)14-5-2-4-12-13-6-3-9-18-17(13)20-16(12)14;1-10-3-6-12(7-4-10)13-8-5-11(2)9-14-13;/h2-4,6-10H,1H3;3-6,8-9H,1-2H3;/q2*-1;. The van der Waals surface area contributed by atoms with Crippen molar-refractivity contribution < 1.29 is 24.5 Å². The molecule has 2 aromatic carbocycles. The molecule has 0 amide bonds. The molecule has 0 bridgehead atoms. The molecule has 0 atom stereocenters. The molecule has 6 rings (SSSR count). The molecule has 0 spiro atoms. The second-order valence-electron chi connectivity index (χ2n) is 8.27. The summed E-state index contributed by atoms with van der Waals surface area (Å²) in [5.74, 6) is 0. The predicted molar refractivity (Wildman–Crippen MR) is 136 cm³/mol. The zero-order valence-corrected chi connectivity index (χ0v) is 22.1. The molecule has 0 N–H and O–H groups in total. The van der Waals surface area contributed by atoms with E-state index < -0.39 is 0 Å². The molecule has 0 aliphatic rings. The Hall–Kier alpha value is -3.66. The molecular formula is C30H23IrN3O-2. The third-order valence-corrected chi connectivity index (χ3v) is 5.53. The average Bonchev–Trinajstić information content (AvgIpc) is 3.25. The van der Waals surface area contributed by atoms with Crippen molar-refractivity contribution in [2.75, 3.05) is 0 Å². The van der Waals surface area contributed by atoms with E-state index in [2.05, 4.69) is 46.1 Å². The Kier molecular flexibility index (Phi) is 7.50. The van der Waals surface area contributed by atoms with Crippen LogP contribution in [-0.2, 0) is 20.1 Å². The van der Waals surface area contributed by atoms with Gasteiger partial charge in [-0.2, -0.15) is 0 Å². The van der Waals surface area contributed by atoms with Crippen LogP contribution in [0.2, 0.25) is 0 Å². The number of rotatable bonds is 2. The third kappa shape index (κ3) is 5.37. The molecule has 6 aromatic rings. The molecule has 0 fully saturated rings. The maximum atomic E-state index is 5.89. The number of pyridine rings is 3. The first-order chi connectivity index (χ1) is 16.6. The summed E-state index contributed by atoms with van der Waals surface area (Å²) in [4.78, 5) is 13.1. The van der Waals surface area contributed by atoms with Gasteiger partial charge in [0.25, 0.3) is 0 Å². The van der Waals surface area contributed by atoms with Crippen LogP contribution in [0.15, 0.2) is 89.7 Å². The van der Waals surface area contributed by atoms with Crippen molar-refractivity contribution in [3.05, 3.63) is 114 Å². The van der Waals surface area contributed by atoms with Crippen molar-refractivity contribution >= 4 is 22.1 Å². The van der Waals surface area contributed by atoms with Gasteiger partial charge in [0.2, 0.25) is 5.71 Å². The number of nitrogens with zero attached hydrogens (tertiary/aromatic N) is 3. The molecule has 5 heteroatoms. The monoisotopic (exact) mass is 634 g/mol. The van der Waals surface area contributed by atoms with Gasteiger partial charge in [-0.1, -0.05) is 42.1 Å². The van der Waals surface area contributed by atoms with E-state index in [0.717, 1.165) is 44.4 Å². The first-order valence-electron chi connectivity index (χ1n) is 11.1. The minimum atomic E-state index is 0. The van der Waals surface area contributed by atoms with Gasteiger partial charge in [-0.25, -0.2) is 4.98 Å². The van der Waals surface area contributed by atoms with E-state index in [4.69, 9.17) is 4.42 Å². The third-order valence-electron chi connectivity index (χ3n) is 5.53. The van der Waals surface area contributed by atoms with Crippen LogP contribution < -0.4 is 0 Å². The van der Waals surface area contributed by atoms with Crippen LogP contribution in [0.1, 0.15) is 16.7 Å². The molecule has 0 aliphatic heterocycles. The average molecular weight is 634 g/mol. The summed E-state index contributed by atoms with van der Waals surface area (Å²) < 4.78 is 5.89. The van der Waals surface area contributed by atoms with Crippen molar-refractivity contribution in [1.82, 2.24) is 15.0 Å². The van der Waals surface area contributed by atoms with Gasteiger partial charge < -0.3 is 14.4 Å². The van der Waals surface area contributed by atoms with E-state index in [9.17, 15) is 0 Å². The quantitative estimate of drug-likeness (QED) is 0.188.